The van der Waals surface area contributed by atoms with Gasteiger partial charge in [0.2, 0.25) is 5.91 Å². The van der Waals surface area contributed by atoms with Crippen molar-refractivity contribution in [3.8, 4) is 0 Å². The van der Waals surface area contributed by atoms with E-state index in [-0.39, 0.29) is 11.8 Å². The lowest BCUT2D eigenvalue weighted by Crippen LogP contribution is -2.40. The highest BCUT2D eigenvalue weighted by Gasteiger charge is 2.22. The van der Waals surface area contributed by atoms with E-state index in [1.807, 2.05) is 35.7 Å². The maximum absolute atomic E-state index is 12.6. The summed E-state index contributed by atoms with van der Waals surface area (Å²) in [5.41, 5.74) is 1.69. The molecule has 126 valence electrons. The molecule has 0 aliphatic carbocycles. The zero-order chi connectivity index (χ0) is 16.8. The highest BCUT2D eigenvalue weighted by Crippen LogP contribution is 2.25. The number of hydrogen-bond donors (Lipinski definition) is 1. The first-order valence-electron chi connectivity index (χ1n) is 8.02. The van der Waals surface area contributed by atoms with E-state index in [0.717, 1.165) is 5.56 Å². The molecule has 6 heteroatoms. The fraction of sp³-hybridized carbons (Fsp3) is 0.333. The third kappa shape index (κ3) is 4.21. The lowest BCUT2D eigenvalue weighted by Gasteiger charge is -2.26. The van der Waals surface area contributed by atoms with Gasteiger partial charge < -0.3 is 15.0 Å². The second-order valence-electron chi connectivity index (χ2n) is 5.60. The van der Waals surface area contributed by atoms with E-state index < -0.39 is 0 Å². The van der Waals surface area contributed by atoms with Crippen LogP contribution in [0.15, 0.2) is 41.8 Å². The molecule has 0 bridgehead atoms. The van der Waals surface area contributed by atoms with Crippen LogP contribution in [0.25, 0.3) is 0 Å². The number of carbonyl (C=O) groups excluding carboxylic acids is 2. The van der Waals surface area contributed by atoms with Crippen LogP contribution in [-0.2, 0) is 16.0 Å². The van der Waals surface area contributed by atoms with Crippen LogP contribution in [0.1, 0.15) is 22.3 Å². The van der Waals surface area contributed by atoms with E-state index in [1.54, 1.807) is 11.0 Å². The number of thiophene rings is 1. The topological polar surface area (TPSA) is 58.6 Å². The average molecular weight is 344 g/mol. The number of morpholine rings is 1. The molecule has 0 unspecified atom stereocenters. The summed E-state index contributed by atoms with van der Waals surface area (Å²) in [5.74, 6) is -0.116. The molecule has 0 atom stereocenters. The molecule has 0 spiro atoms. The van der Waals surface area contributed by atoms with Crippen LogP contribution < -0.4 is 5.32 Å². The Morgan fingerprint density at radius 2 is 1.88 bits per heavy atom. The van der Waals surface area contributed by atoms with Crippen molar-refractivity contribution in [2.45, 2.75) is 12.8 Å². The van der Waals surface area contributed by atoms with Crippen LogP contribution in [0.2, 0.25) is 0 Å². The predicted molar refractivity (Wildman–Crippen MR) is 94.4 cm³/mol. The van der Waals surface area contributed by atoms with Gasteiger partial charge in [0.25, 0.3) is 5.91 Å². The van der Waals surface area contributed by atoms with Crippen molar-refractivity contribution >= 4 is 28.2 Å². The molecule has 1 fully saturated rings. The van der Waals surface area contributed by atoms with Crippen LogP contribution in [0.4, 0.5) is 5.00 Å². The van der Waals surface area contributed by atoms with Gasteiger partial charge in [-0.15, -0.1) is 11.3 Å². The second-order valence-corrected chi connectivity index (χ2v) is 6.52. The molecule has 1 aliphatic heterocycles. The van der Waals surface area contributed by atoms with E-state index in [2.05, 4.69) is 5.32 Å². The number of nitrogens with zero attached hydrogens (tertiary/aromatic N) is 1. The summed E-state index contributed by atoms with van der Waals surface area (Å²) in [5, 5.41) is 5.34. The zero-order valence-electron chi connectivity index (χ0n) is 13.4. The molecule has 1 saturated heterocycles. The van der Waals surface area contributed by atoms with Crippen molar-refractivity contribution < 1.29 is 14.3 Å². The highest BCUT2D eigenvalue weighted by molar-refractivity contribution is 7.14. The van der Waals surface area contributed by atoms with Crippen LogP contribution in [0, 0.1) is 0 Å². The number of ether oxygens (including phenoxy) is 1. The van der Waals surface area contributed by atoms with Gasteiger partial charge in [-0.25, -0.2) is 0 Å². The number of anilines is 1. The van der Waals surface area contributed by atoms with Gasteiger partial charge in [-0.1, -0.05) is 30.3 Å². The molecule has 5 nitrogen and oxygen atoms in total. The molecule has 24 heavy (non-hydrogen) atoms. The molecule has 2 heterocycles. The first-order chi connectivity index (χ1) is 11.7. The Bertz CT molecular complexity index is 693. The molecule has 0 saturated carbocycles. The van der Waals surface area contributed by atoms with Gasteiger partial charge in [0.15, 0.2) is 0 Å². The SMILES string of the molecule is O=C(CCc1ccccc1)Nc1sccc1C(=O)N1CCOCC1. The molecule has 0 radical (unpaired) electrons. The Kier molecular flexibility index (Phi) is 5.61. The minimum Gasteiger partial charge on any atom is -0.378 e. The molecule has 1 aromatic carbocycles. The van der Waals surface area contributed by atoms with Crippen LogP contribution >= 0.6 is 11.3 Å². The smallest absolute Gasteiger partial charge is 0.257 e. The largest absolute Gasteiger partial charge is 0.378 e. The number of benzene rings is 1. The van der Waals surface area contributed by atoms with Crippen LogP contribution in [0.5, 0.6) is 0 Å². The van der Waals surface area contributed by atoms with Crippen LogP contribution in [0.3, 0.4) is 0 Å². The van der Waals surface area contributed by atoms with E-state index >= 15 is 0 Å². The van der Waals surface area contributed by atoms with Gasteiger partial charge in [-0.05, 0) is 23.4 Å². The Labute approximate surface area is 145 Å². The Balaban J connectivity index is 1.58. The average Bonchev–Trinajstić information content (AvgIpc) is 3.09. The maximum atomic E-state index is 12.6. The van der Waals surface area contributed by atoms with Gasteiger partial charge in [0.1, 0.15) is 5.00 Å². The Morgan fingerprint density at radius 3 is 2.62 bits per heavy atom. The molecule has 3 rings (SSSR count). The summed E-state index contributed by atoms with van der Waals surface area (Å²) < 4.78 is 5.27. The molecular weight excluding hydrogens is 324 g/mol. The number of hydrogen-bond acceptors (Lipinski definition) is 4. The molecule has 2 aromatic rings. The summed E-state index contributed by atoms with van der Waals surface area (Å²) in [4.78, 5) is 26.5. The fourth-order valence-corrected chi connectivity index (χ4v) is 3.40. The zero-order valence-corrected chi connectivity index (χ0v) is 14.2. The lowest BCUT2D eigenvalue weighted by molar-refractivity contribution is -0.116. The standard InChI is InChI=1S/C18H20N2O3S/c21-16(7-6-14-4-2-1-3-5-14)19-17-15(8-13-24-17)18(22)20-9-11-23-12-10-20/h1-5,8,13H,6-7,9-12H2,(H,19,21). The van der Waals surface area contributed by atoms with E-state index in [4.69, 9.17) is 4.74 Å². The minimum atomic E-state index is -0.0719. The molecule has 1 N–H and O–H groups in total. The first kappa shape index (κ1) is 16.7. The summed E-state index contributed by atoms with van der Waals surface area (Å²) in [6.07, 6.45) is 1.08. The number of aryl methyl sites for hydroxylation is 1. The minimum absolute atomic E-state index is 0.0436. The monoisotopic (exact) mass is 344 g/mol. The van der Waals surface area contributed by atoms with Gasteiger partial charge in [0, 0.05) is 19.5 Å². The van der Waals surface area contributed by atoms with E-state index in [9.17, 15) is 9.59 Å². The predicted octanol–water partition coefficient (Wildman–Crippen LogP) is 2.79. The highest BCUT2D eigenvalue weighted by atomic mass is 32.1. The number of amides is 2. The van der Waals surface area contributed by atoms with Crippen molar-refractivity contribution in [3.63, 3.8) is 0 Å². The number of carbonyl (C=O) groups is 2. The Morgan fingerprint density at radius 1 is 1.12 bits per heavy atom. The van der Waals surface area contributed by atoms with E-state index in [1.165, 1.54) is 11.3 Å². The normalized spacial score (nSPS) is 14.4. The quantitative estimate of drug-likeness (QED) is 0.907. The summed E-state index contributed by atoms with van der Waals surface area (Å²) >= 11 is 1.38. The summed E-state index contributed by atoms with van der Waals surface area (Å²) in [7, 11) is 0. The third-order valence-electron chi connectivity index (χ3n) is 3.93. The van der Waals surface area contributed by atoms with Gasteiger partial charge in [-0.2, -0.15) is 0 Å². The summed E-state index contributed by atoms with van der Waals surface area (Å²) in [6.45, 7) is 2.31. The molecule has 1 aromatic heterocycles. The van der Waals surface area contributed by atoms with Crippen LogP contribution in [-0.4, -0.2) is 43.0 Å². The Hall–Kier alpha value is -2.18. The summed E-state index contributed by atoms with van der Waals surface area (Å²) in [6, 6.07) is 11.7. The van der Waals surface area contributed by atoms with E-state index in [0.29, 0.717) is 49.7 Å². The molecule has 1 aliphatic rings. The second kappa shape index (κ2) is 8.08. The van der Waals surface area contributed by atoms with Crippen molar-refractivity contribution in [2.24, 2.45) is 0 Å². The number of nitrogens with one attached hydrogen (secondary N) is 1. The van der Waals surface area contributed by atoms with Crippen molar-refractivity contribution in [1.29, 1.82) is 0 Å². The fourth-order valence-electron chi connectivity index (χ4n) is 2.60. The van der Waals surface area contributed by atoms with Gasteiger partial charge in [-0.3, -0.25) is 9.59 Å². The van der Waals surface area contributed by atoms with Gasteiger partial charge >= 0.3 is 0 Å². The maximum Gasteiger partial charge on any atom is 0.257 e. The van der Waals surface area contributed by atoms with Crippen molar-refractivity contribution in [2.75, 3.05) is 31.6 Å². The number of rotatable bonds is 5. The third-order valence-corrected chi connectivity index (χ3v) is 4.76. The first-order valence-corrected chi connectivity index (χ1v) is 8.90. The lowest BCUT2D eigenvalue weighted by atomic mass is 10.1. The van der Waals surface area contributed by atoms with Crippen molar-refractivity contribution in [3.05, 3.63) is 52.9 Å². The molecular formula is C18H20N2O3S. The van der Waals surface area contributed by atoms with Crippen molar-refractivity contribution in [1.82, 2.24) is 4.90 Å². The van der Waals surface area contributed by atoms with Gasteiger partial charge in [0.05, 0.1) is 18.8 Å². The molecule has 2 amide bonds.